The number of nitriles is 1. The molecular formula is C17H21ClN4O4. The van der Waals surface area contributed by atoms with E-state index in [4.69, 9.17) is 32.1 Å². The van der Waals surface area contributed by atoms with Gasteiger partial charge in [0.2, 0.25) is 0 Å². The van der Waals surface area contributed by atoms with Gasteiger partial charge in [0.25, 0.3) is 5.91 Å². The molecular weight excluding hydrogens is 360 g/mol. The number of ether oxygens (including phenoxy) is 2. The fraction of sp³-hybridized carbons (Fsp3) is 0.529. The van der Waals surface area contributed by atoms with Crippen molar-refractivity contribution in [2.45, 2.75) is 12.5 Å². The molecule has 2 aliphatic rings. The summed E-state index contributed by atoms with van der Waals surface area (Å²) >= 11 is 6.12. The molecule has 9 heteroatoms. The number of aliphatic hydroxyl groups excluding tert-OH is 1. The summed E-state index contributed by atoms with van der Waals surface area (Å²) in [6, 6.07) is 3.55. The lowest BCUT2D eigenvalue weighted by molar-refractivity contribution is 0.0273. The van der Waals surface area contributed by atoms with Crippen LogP contribution in [-0.2, 0) is 0 Å². The Labute approximate surface area is 156 Å². The van der Waals surface area contributed by atoms with Gasteiger partial charge in [0.05, 0.1) is 30.0 Å². The third-order valence-electron chi connectivity index (χ3n) is 4.65. The average Bonchev–Trinajstić information content (AvgIpc) is 2.64. The Morgan fingerprint density at radius 2 is 2.19 bits per heavy atom. The highest BCUT2D eigenvalue weighted by Crippen LogP contribution is 2.43. The van der Waals surface area contributed by atoms with E-state index in [9.17, 15) is 9.90 Å². The quantitative estimate of drug-likeness (QED) is 0.517. The Kier molecular flexibility index (Phi) is 5.71. The first-order valence-corrected chi connectivity index (χ1v) is 8.82. The smallest absolute Gasteiger partial charge is 0.255 e. The molecule has 0 saturated carbocycles. The van der Waals surface area contributed by atoms with Crippen molar-refractivity contribution in [3.8, 4) is 17.6 Å². The van der Waals surface area contributed by atoms with Crippen LogP contribution in [0.15, 0.2) is 6.07 Å². The Hall–Kier alpha value is -2.21. The molecule has 26 heavy (non-hydrogen) atoms. The highest BCUT2D eigenvalue weighted by atomic mass is 35.5. The van der Waals surface area contributed by atoms with Crippen molar-refractivity contribution in [1.82, 2.24) is 10.2 Å². The fourth-order valence-electron chi connectivity index (χ4n) is 3.21. The number of nitrogen functional groups attached to an aromatic ring is 1. The van der Waals surface area contributed by atoms with Crippen LogP contribution in [0.5, 0.6) is 11.5 Å². The van der Waals surface area contributed by atoms with Crippen LogP contribution in [0, 0.1) is 17.2 Å². The number of nitrogens with two attached hydrogens (primary N) is 1. The molecule has 1 saturated heterocycles. The molecule has 0 bridgehead atoms. The van der Waals surface area contributed by atoms with Crippen molar-refractivity contribution >= 4 is 23.2 Å². The number of hydrogen-bond donors (Lipinski definition) is 3. The number of piperidine rings is 1. The van der Waals surface area contributed by atoms with E-state index in [0.29, 0.717) is 45.8 Å². The van der Waals surface area contributed by atoms with E-state index in [2.05, 4.69) is 11.4 Å². The highest BCUT2D eigenvalue weighted by Gasteiger charge is 2.29. The predicted octanol–water partition coefficient (Wildman–Crippen LogP) is 0.630. The van der Waals surface area contributed by atoms with E-state index in [1.54, 1.807) is 0 Å². The van der Waals surface area contributed by atoms with Gasteiger partial charge in [-0.1, -0.05) is 11.6 Å². The molecule has 0 aromatic heterocycles. The number of nitrogens with one attached hydrogen (secondary N) is 1. The molecule has 2 aliphatic heterocycles. The van der Waals surface area contributed by atoms with Crippen molar-refractivity contribution in [2.24, 2.45) is 5.92 Å². The first-order chi connectivity index (χ1) is 12.5. The first kappa shape index (κ1) is 18.6. The number of aliphatic hydroxyl groups is 1. The predicted molar refractivity (Wildman–Crippen MR) is 95.4 cm³/mol. The van der Waals surface area contributed by atoms with Gasteiger partial charge in [0, 0.05) is 19.0 Å². The molecule has 0 aliphatic carbocycles. The number of likely N-dealkylation sites (tertiary alicyclic amines) is 1. The second-order valence-corrected chi connectivity index (χ2v) is 6.78. The maximum Gasteiger partial charge on any atom is 0.255 e. The molecule has 1 fully saturated rings. The normalized spacial score (nSPS) is 22.5. The molecule has 3 rings (SSSR count). The SMILES string of the molecule is N#CCN1CC[C@@H](CNC(=O)c2cc(N)c(Cl)c3c2OCCO3)C(O)C1. The third kappa shape index (κ3) is 3.80. The van der Waals surface area contributed by atoms with Crippen LogP contribution in [0.2, 0.25) is 5.02 Å². The van der Waals surface area contributed by atoms with Crippen molar-refractivity contribution < 1.29 is 19.4 Å². The van der Waals surface area contributed by atoms with Crippen molar-refractivity contribution in [1.29, 1.82) is 5.26 Å². The Balaban J connectivity index is 1.66. The number of amides is 1. The number of benzene rings is 1. The molecule has 140 valence electrons. The first-order valence-electron chi connectivity index (χ1n) is 8.44. The Bertz CT molecular complexity index is 736. The minimum Gasteiger partial charge on any atom is -0.485 e. The Morgan fingerprint density at radius 1 is 1.46 bits per heavy atom. The van der Waals surface area contributed by atoms with E-state index in [-0.39, 0.29) is 39.6 Å². The van der Waals surface area contributed by atoms with E-state index in [1.807, 2.05) is 4.90 Å². The summed E-state index contributed by atoms with van der Waals surface area (Å²) in [5.74, 6) is 0.138. The van der Waals surface area contributed by atoms with Gasteiger partial charge >= 0.3 is 0 Å². The van der Waals surface area contributed by atoms with E-state index in [0.717, 1.165) is 0 Å². The second kappa shape index (κ2) is 7.99. The molecule has 0 spiro atoms. The van der Waals surface area contributed by atoms with Crippen LogP contribution in [0.25, 0.3) is 0 Å². The summed E-state index contributed by atoms with van der Waals surface area (Å²) in [4.78, 5) is 14.5. The Morgan fingerprint density at radius 3 is 2.88 bits per heavy atom. The minimum absolute atomic E-state index is 0.0773. The number of fused-ring (bicyclic) bond motifs is 1. The number of anilines is 1. The van der Waals surface area contributed by atoms with Gasteiger partial charge in [-0.3, -0.25) is 9.69 Å². The summed E-state index contributed by atoms with van der Waals surface area (Å²) in [6.07, 6.45) is 0.102. The number of nitrogens with zero attached hydrogens (tertiary/aromatic N) is 2. The summed E-state index contributed by atoms with van der Waals surface area (Å²) in [5, 5.41) is 22.0. The van der Waals surface area contributed by atoms with Gasteiger partial charge in [0.1, 0.15) is 18.2 Å². The number of β-amino-alcohol motifs (C(OH)–C–C–N with tert-alkyl or cyclic N) is 1. The van der Waals surface area contributed by atoms with Crippen molar-refractivity contribution in [2.75, 3.05) is 45.1 Å². The fourth-order valence-corrected chi connectivity index (χ4v) is 3.41. The maximum absolute atomic E-state index is 12.6. The molecule has 8 nitrogen and oxygen atoms in total. The zero-order valence-electron chi connectivity index (χ0n) is 14.2. The van der Waals surface area contributed by atoms with Crippen LogP contribution in [0.4, 0.5) is 5.69 Å². The van der Waals surface area contributed by atoms with Crippen LogP contribution < -0.4 is 20.5 Å². The number of hydrogen-bond acceptors (Lipinski definition) is 7. The lowest BCUT2D eigenvalue weighted by atomic mass is 9.93. The molecule has 2 atom stereocenters. The number of carbonyl (C=O) groups is 1. The van der Waals surface area contributed by atoms with Gasteiger partial charge in [0.15, 0.2) is 11.5 Å². The zero-order valence-corrected chi connectivity index (χ0v) is 15.0. The van der Waals surface area contributed by atoms with Gasteiger partial charge in [-0.2, -0.15) is 5.26 Å². The second-order valence-electron chi connectivity index (χ2n) is 6.40. The summed E-state index contributed by atoms with van der Waals surface area (Å²) in [7, 11) is 0. The molecule has 0 radical (unpaired) electrons. The number of carbonyl (C=O) groups excluding carboxylic acids is 1. The monoisotopic (exact) mass is 380 g/mol. The number of halogens is 1. The van der Waals surface area contributed by atoms with Gasteiger partial charge in [-0.25, -0.2) is 0 Å². The van der Waals surface area contributed by atoms with Gasteiger partial charge < -0.3 is 25.6 Å². The lowest BCUT2D eigenvalue weighted by Gasteiger charge is -2.34. The molecule has 1 aromatic rings. The van der Waals surface area contributed by atoms with Crippen LogP contribution >= 0.6 is 11.6 Å². The number of rotatable bonds is 4. The zero-order chi connectivity index (χ0) is 18.7. The van der Waals surface area contributed by atoms with Gasteiger partial charge in [-0.15, -0.1) is 0 Å². The van der Waals surface area contributed by atoms with E-state index < -0.39 is 6.10 Å². The molecule has 1 unspecified atom stereocenters. The van der Waals surface area contributed by atoms with E-state index >= 15 is 0 Å². The third-order valence-corrected chi connectivity index (χ3v) is 5.04. The topological polar surface area (TPSA) is 121 Å². The van der Waals surface area contributed by atoms with Gasteiger partial charge in [-0.05, 0) is 19.0 Å². The van der Waals surface area contributed by atoms with E-state index in [1.165, 1.54) is 6.07 Å². The maximum atomic E-state index is 12.6. The van der Waals surface area contributed by atoms with Crippen LogP contribution in [0.1, 0.15) is 16.8 Å². The average molecular weight is 381 g/mol. The molecule has 1 amide bonds. The lowest BCUT2D eigenvalue weighted by Crippen LogP contribution is -2.47. The molecule has 4 N–H and O–H groups in total. The summed E-state index contributed by atoms with van der Waals surface area (Å²) < 4.78 is 11.0. The summed E-state index contributed by atoms with van der Waals surface area (Å²) in [6.45, 7) is 2.41. The van der Waals surface area contributed by atoms with Crippen LogP contribution in [-0.4, -0.2) is 61.4 Å². The summed E-state index contributed by atoms with van der Waals surface area (Å²) in [5.41, 5.74) is 6.37. The standard InChI is InChI=1S/C17H21ClN4O4/c18-14-12(20)7-11(15-16(14)26-6-5-25-15)17(24)21-8-10-1-3-22(4-2-19)9-13(10)23/h7,10,13,23H,1,3-6,8-9,20H2,(H,21,24)/t10-,13?/m0/s1. The molecule has 2 heterocycles. The van der Waals surface area contributed by atoms with Crippen molar-refractivity contribution in [3.63, 3.8) is 0 Å². The highest BCUT2D eigenvalue weighted by molar-refractivity contribution is 6.35. The molecule has 1 aromatic carbocycles. The van der Waals surface area contributed by atoms with Crippen molar-refractivity contribution in [3.05, 3.63) is 16.7 Å². The minimum atomic E-state index is -0.596. The van der Waals surface area contributed by atoms with Crippen LogP contribution in [0.3, 0.4) is 0 Å². The largest absolute Gasteiger partial charge is 0.485 e.